The number of benzene rings is 1. The summed E-state index contributed by atoms with van der Waals surface area (Å²) in [7, 11) is 0. The van der Waals surface area contributed by atoms with Gasteiger partial charge in [-0.3, -0.25) is 9.89 Å². The first kappa shape index (κ1) is 20.2. The molecule has 140 valence electrons. The van der Waals surface area contributed by atoms with Gasteiger partial charge in [-0.25, -0.2) is 0 Å². The Bertz CT molecular complexity index is 567. The van der Waals surface area contributed by atoms with Gasteiger partial charge in [-0.05, 0) is 6.07 Å². The van der Waals surface area contributed by atoms with Gasteiger partial charge in [0.1, 0.15) is 5.75 Å². The average Bonchev–Trinajstić information content (AvgIpc) is 2.61. The van der Waals surface area contributed by atoms with Crippen LogP contribution in [0.15, 0.2) is 29.3 Å². The molecule has 3 rings (SSSR count). The highest BCUT2D eigenvalue weighted by atomic mass is 127. The zero-order valence-electron chi connectivity index (χ0n) is 14.3. The van der Waals surface area contributed by atoms with Crippen LogP contribution in [0.2, 0.25) is 0 Å². The standard InChI is InChI=1S/C17H26N4O3.HI/c18-17(19-11-13(22)12-21-6-9-23-10-7-21)20-15-5-8-24-16-4-2-1-3-14(15)16;/h1-4,13,15,22H,5-12H2,(H3,18,19,20);1H. The lowest BCUT2D eigenvalue weighted by atomic mass is 10.0. The molecule has 2 heterocycles. The van der Waals surface area contributed by atoms with E-state index in [1.54, 1.807) is 0 Å². The Labute approximate surface area is 165 Å². The maximum atomic E-state index is 10.1. The molecule has 8 heteroatoms. The summed E-state index contributed by atoms with van der Waals surface area (Å²) in [4.78, 5) is 6.47. The molecule has 0 amide bonds. The second-order valence-electron chi connectivity index (χ2n) is 6.16. The zero-order chi connectivity index (χ0) is 16.8. The molecule has 0 aromatic heterocycles. The molecule has 2 atom stereocenters. The van der Waals surface area contributed by atoms with Crippen molar-refractivity contribution in [3.05, 3.63) is 29.8 Å². The summed E-state index contributed by atoms with van der Waals surface area (Å²) < 4.78 is 10.9. The second-order valence-corrected chi connectivity index (χ2v) is 6.16. The van der Waals surface area contributed by atoms with Crippen molar-refractivity contribution in [3.63, 3.8) is 0 Å². The number of guanidine groups is 1. The van der Waals surface area contributed by atoms with E-state index in [1.807, 2.05) is 24.3 Å². The molecule has 0 aliphatic carbocycles. The Morgan fingerprint density at radius 1 is 1.32 bits per heavy atom. The third-order valence-electron chi connectivity index (χ3n) is 4.33. The highest BCUT2D eigenvalue weighted by Crippen LogP contribution is 2.31. The van der Waals surface area contributed by atoms with Gasteiger partial charge in [0.05, 0.1) is 38.5 Å². The molecule has 2 unspecified atom stereocenters. The fourth-order valence-electron chi connectivity index (χ4n) is 3.06. The van der Waals surface area contributed by atoms with Gasteiger partial charge >= 0.3 is 0 Å². The number of ether oxygens (including phenoxy) is 2. The van der Waals surface area contributed by atoms with Gasteiger partial charge in [0, 0.05) is 31.6 Å². The van der Waals surface area contributed by atoms with Crippen molar-refractivity contribution < 1.29 is 14.6 Å². The smallest absolute Gasteiger partial charge is 0.189 e. The summed E-state index contributed by atoms with van der Waals surface area (Å²) in [5, 5.41) is 13.4. The van der Waals surface area contributed by atoms with Crippen molar-refractivity contribution in [3.8, 4) is 5.75 Å². The normalized spacial score (nSPS) is 22.3. The van der Waals surface area contributed by atoms with Gasteiger partial charge in [-0.2, -0.15) is 0 Å². The summed E-state index contributed by atoms with van der Waals surface area (Å²) in [5.41, 5.74) is 7.09. The maximum absolute atomic E-state index is 10.1. The van der Waals surface area contributed by atoms with Crippen LogP contribution >= 0.6 is 24.0 Å². The van der Waals surface area contributed by atoms with Crippen LogP contribution in [0.1, 0.15) is 18.0 Å². The molecular weight excluding hydrogens is 435 g/mol. The monoisotopic (exact) mass is 462 g/mol. The Balaban J connectivity index is 0.00000225. The zero-order valence-corrected chi connectivity index (χ0v) is 16.6. The molecule has 2 aliphatic heterocycles. The van der Waals surface area contributed by atoms with Crippen LogP contribution in [-0.4, -0.2) is 68.1 Å². The molecule has 1 fully saturated rings. The van der Waals surface area contributed by atoms with Crippen LogP contribution < -0.4 is 15.8 Å². The lowest BCUT2D eigenvalue weighted by molar-refractivity contribution is 0.0165. The molecule has 4 N–H and O–H groups in total. The number of rotatable bonds is 5. The third-order valence-corrected chi connectivity index (χ3v) is 4.33. The van der Waals surface area contributed by atoms with Crippen molar-refractivity contribution in [1.82, 2.24) is 10.2 Å². The Morgan fingerprint density at radius 3 is 2.88 bits per heavy atom. The van der Waals surface area contributed by atoms with Gasteiger partial charge < -0.3 is 25.6 Å². The summed E-state index contributed by atoms with van der Waals surface area (Å²) in [6, 6.07) is 8.03. The Morgan fingerprint density at radius 2 is 2.08 bits per heavy atom. The van der Waals surface area contributed by atoms with Gasteiger partial charge in [0.2, 0.25) is 0 Å². The van der Waals surface area contributed by atoms with E-state index in [0.29, 0.717) is 25.7 Å². The number of aliphatic hydroxyl groups is 1. The highest BCUT2D eigenvalue weighted by molar-refractivity contribution is 14.0. The van der Waals surface area contributed by atoms with Crippen LogP contribution in [-0.2, 0) is 4.74 Å². The molecule has 7 nitrogen and oxygen atoms in total. The van der Waals surface area contributed by atoms with Crippen LogP contribution in [0.5, 0.6) is 5.75 Å². The minimum absolute atomic E-state index is 0. The molecule has 2 aliphatic rings. The predicted octanol–water partition coefficient (Wildman–Crippen LogP) is 0.726. The Kier molecular flexibility index (Phi) is 8.20. The Hall–Kier alpha value is -1.10. The van der Waals surface area contributed by atoms with Gasteiger partial charge in [-0.1, -0.05) is 18.2 Å². The van der Waals surface area contributed by atoms with Crippen molar-refractivity contribution in [2.75, 3.05) is 46.0 Å². The fourth-order valence-corrected chi connectivity index (χ4v) is 3.06. The minimum atomic E-state index is -0.523. The SMILES string of the molecule is I.NC(=NCC(O)CN1CCOCC1)NC1CCOc2ccccc21. The average molecular weight is 462 g/mol. The van der Waals surface area contributed by atoms with E-state index in [9.17, 15) is 5.11 Å². The first-order valence-electron chi connectivity index (χ1n) is 8.48. The number of β-amino-alcohol motifs (C(OH)–C–C–N with tert-alkyl or cyclic N) is 1. The number of nitrogens with zero attached hydrogens (tertiary/aromatic N) is 2. The number of fused-ring (bicyclic) bond motifs is 1. The molecule has 0 bridgehead atoms. The molecule has 1 aromatic rings. The lowest BCUT2D eigenvalue weighted by Gasteiger charge is -2.28. The number of morpholine rings is 1. The van der Waals surface area contributed by atoms with E-state index in [-0.39, 0.29) is 30.0 Å². The fraction of sp³-hybridized carbons (Fsp3) is 0.588. The summed E-state index contributed by atoms with van der Waals surface area (Å²) >= 11 is 0. The van der Waals surface area contributed by atoms with Crippen molar-refractivity contribution in [1.29, 1.82) is 0 Å². The maximum Gasteiger partial charge on any atom is 0.189 e. The van der Waals surface area contributed by atoms with Crippen molar-refractivity contribution in [2.45, 2.75) is 18.6 Å². The summed E-state index contributed by atoms with van der Waals surface area (Å²) in [6.45, 7) is 4.70. The molecular formula is C17H27IN4O3. The van der Waals surface area contributed by atoms with Crippen LogP contribution in [0.3, 0.4) is 0 Å². The number of aliphatic hydroxyl groups excluding tert-OH is 1. The molecule has 1 aromatic carbocycles. The highest BCUT2D eigenvalue weighted by Gasteiger charge is 2.21. The molecule has 0 saturated carbocycles. The number of nitrogens with one attached hydrogen (secondary N) is 1. The third kappa shape index (κ3) is 5.98. The first-order chi connectivity index (χ1) is 11.7. The largest absolute Gasteiger partial charge is 0.493 e. The molecule has 25 heavy (non-hydrogen) atoms. The predicted molar refractivity (Wildman–Crippen MR) is 108 cm³/mol. The van der Waals surface area contributed by atoms with Gasteiger partial charge in [-0.15, -0.1) is 24.0 Å². The van der Waals surface area contributed by atoms with Gasteiger partial charge in [0.15, 0.2) is 5.96 Å². The van der Waals surface area contributed by atoms with E-state index in [1.165, 1.54) is 0 Å². The van der Waals surface area contributed by atoms with E-state index >= 15 is 0 Å². The number of para-hydroxylation sites is 1. The number of aliphatic imine (C=N–C) groups is 1. The van der Waals surface area contributed by atoms with E-state index < -0.39 is 6.10 Å². The number of hydrogen-bond donors (Lipinski definition) is 3. The topological polar surface area (TPSA) is 92.3 Å². The molecule has 1 saturated heterocycles. The number of halogens is 1. The quantitative estimate of drug-likeness (QED) is 0.340. The number of hydrogen-bond acceptors (Lipinski definition) is 5. The first-order valence-corrected chi connectivity index (χ1v) is 8.48. The van der Waals surface area contributed by atoms with Crippen molar-refractivity contribution >= 4 is 29.9 Å². The molecule has 0 spiro atoms. The van der Waals surface area contributed by atoms with Crippen LogP contribution in [0, 0.1) is 0 Å². The second kappa shape index (κ2) is 10.1. The summed E-state index contributed by atoms with van der Waals surface area (Å²) in [6.07, 6.45) is 0.314. The number of nitrogens with two attached hydrogens (primary N) is 1. The van der Waals surface area contributed by atoms with E-state index in [2.05, 4.69) is 15.2 Å². The van der Waals surface area contributed by atoms with Crippen LogP contribution in [0.4, 0.5) is 0 Å². The van der Waals surface area contributed by atoms with Crippen LogP contribution in [0.25, 0.3) is 0 Å². The van der Waals surface area contributed by atoms with E-state index in [0.717, 1.165) is 44.0 Å². The minimum Gasteiger partial charge on any atom is -0.493 e. The van der Waals surface area contributed by atoms with Crippen molar-refractivity contribution in [2.24, 2.45) is 10.7 Å². The van der Waals surface area contributed by atoms with Gasteiger partial charge in [0.25, 0.3) is 0 Å². The lowest BCUT2D eigenvalue weighted by Crippen LogP contribution is -2.42. The summed E-state index contributed by atoms with van der Waals surface area (Å²) in [5.74, 6) is 1.25. The molecule has 0 radical (unpaired) electrons. The van der Waals surface area contributed by atoms with E-state index in [4.69, 9.17) is 15.2 Å².